The Morgan fingerprint density at radius 1 is 1.85 bits per heavy atom. The Bertz CT molecular complexity index is 265. The summed E-state index contributed by atoms with van der Waals surface area (Å²) in [5.74, 6) is -0.361. The molecule has 1 aliphatic rings. The lowest BCUT2D eigenvalue weighted by atomic mass is 10.3. The molecular formula is C9H12O4. The van der Waals surface area contributed by atoms with E-state index < -0.39 is 6.29 Å². The van der Waals surface area contributed by atoms with Gasteiger partial charge in [0.2, 0.25) is 0 Å². The molecule has 0 radical (unpaired) electrons. The molecule has 1 aliphatic heterocycles. The number of ether oxygens (including phenoxy) is 2. The Kier molecular flexibility index (Phi) is 3.08. The molecule has 0 bridgehead atoms. The van der Waals surface area contributed by atoms with E-state index in [2.05, 4.69) is 0 Å². The van der Waals surface area contributed by atoms with Crippen molar-refractivity contribution >= 4 is 5.97 Å². The molecule has 1 N–H and O–H groups in total. The summed E-state index contributed by atoms with van der Waals surface area (Å²) in [7, 11) is 0. The van der Waals surface area contributed by atoms with Gasteiger partial charge in [-0.25, -0.2) is 4.79 Å². The van der Waals surface area contributed by atoms with Crippen LogP contribution in [0.4, 0.5) is 0 Å². The molecule has 0 aliphatic carbocycles. The molecule has 0 aromatic carbocycles. The normalized spacial score (nSPS) is 22.7. The second kappa shape index (κ2) is 4.09. The van der Waals surface area contributed by atoms with E-state index in [9.17, 15) is 4.79 Å². The number of carbonyl (C=O) groups excluding carboxylic acids is 1. The lowest BCUT2D eigenvalue weighted by Crippen LogP contribution is -2.09. The van der Waals surface area contributed by atoms with Crippen molar-refractivity contribution < 1.29 is 19.4 Å². The second-order valence-corrected chi connectivity index (χ2v) is 2.88. The first kappa shape index (κ1) is 9.80. The molecule has 0 aromatic rings. The number of rotatable bonds is 3. The van der Waals surface area contributed by atoms with Gasteiger partial charge in [-0.1, -0.05) is 0 Å². The minimum atomic E-state index is -0.644. The molecule has 0 amide bonds. The third-order valence-corrected chi connectivity index (χ3v) is 1.58. The number of aliphatic hydroxyl groups excluding tert-OH is 1. The molecular weight excluding hydrogens is 172 g/mol. The topological polar surface area (TPSA) is 55.8 Å². The van der Waals surface area contributed by atoms with Crippen molar-refractivity contribution in [2.75, 3.05) is 6.61 Å². The fourth-order valence-corrected chi connectivity index (χ4v) is 0.792. The fraction of sp³-hybridized carbons (Fsp3) is 0.444. The molecule has 0 spiro atoms. The Hall–Kier alpha value is -1.29. The Morgan fingerprint density at radius 3 is 3.00 bits per heavy atom. The molecule has 1 atom stereocenters. The van der Waals surface area contributed by atoms with Gasteiger partial charge in [-0.2, -0.15) is 0 Å². The van der Waals surface area contributed by atoms with Crippen LogP contribution < -0.4 is 0 Å². The zero-order valence-electron chi connectivity index (χ0n) is 7.61. The van der Waals surface area contributed by atoms with E-state index in [0.717, 1.165) is 0 Å². The van der Waals surface area contributed by atoms with Crippen molar-refractivity contribution in [2.45, 2.75) is 20.1 Å². The maximum Gasteiger partial charge on any atom is 0.336 e. The van der Waals surface area contributed by atoms with Crippen molar-refractivity contribution in [3.63, 3.8) is 0 Å². The molecule has 13 heavy (non-hydrogen) atoms. The minimum absolute atomic E-state index is 0.0661. The lowest BCUT2D eigenvalue weighted by molar-refractivity contribution is -0.152. The second-order valence-electron chi connectivity index (χ2n) is 2.88. The third-order valence-electron chi connectivity index (χ3n) is 1.58. The summed E-state index contributed by atoms with van der Waals surface area (Å²) in [6, 6.07) is 0. The standard InChI is InChI=1S/C9H12O4/c1-6(4-10)5-12-8-3-7(2)9(11)13-8/h3,5,8,10H,4H2,1-2H3. The number of aliphatic hydroxyl groups is 1. The van der Waals surface area contributed by atoms with Gasteiger partial charge >= 0.3 is 5.97 Å². The van der Waals surface area contributed by atoms with Crippen LogP contribution in [0, 0.1) is 0 Å². The largest absolute Gasteiger partial charge is 0.459 e. The van der Waals surface area contributed by atoms with E-state index in [1.54, 1.807) is 19.9 Å². The molecule has 72 valence electrons. The maximum absolute atomic E-state index is 10.9. The first-order valence-electron chi connectivity index (χ1n) is 3.95. The van der Waals surface area contributed by atoms with Crippen LogP contribution in [0.2, 0.25) is 0 Å². The molecule has 0 fully saturated rings. The molecule has 1 unspecified atom stereocenters. The van der Waals surface area contributed by atoms with Crippen LogP contribution in [-0.4, -0.2) is 24.0 Å². The number of cyclic esters (lactones) is 1. The maximum atomic E-state index is 10.9. The molecule has 1 heterocycles. The zero-order chi connectivity index (χ0) is 9.84. The monoisotopic (exact) mass is 184 g/mol. The predicted octanol–water partition coefficient (Wildman–Crippen LogP) is 0.728. The minimum Gasteiger partial charge on any atom is -0.459 e. The molecule has 0 saturated heterocycles. The first-order chi connectivity index (χ1) is 6.13. The van der Waals surface area contributed by atoms with Crippen molar-refractivity contribution in [2.24, 2.45) is 0 Å². The predicted molar refractivity (Wildman–Crippen MR) is 45.6 cm³/mol. The van der Waals surface area contributed by atoms with Gasteiger partial charge in [-0.15, -0.1) is 0 Å². The van der Waals surface area contributed by atoms with Crippen LogP contribution in [0.1, 0.15) is 13.8 Å². The van der Waals surface area contributed by atoms with Gasteiger partial charge in [0.15, 0.2) is 0 Å². The fourth-order valence-electron chi connectivity index (χ4n) is 0.792. The van der Waals surface area contributed by atoms with E-state index in [0.29, 0.717) is 11.1 Å². The SMILES string of the molecule is CC(=COC1C=C(C)C(=O)O1)CO. The van der Waals surface area contributed by atoms with Crippen LogP contribution >= 0.6 is 0 Å². The summed E-state index contributed by atoms with van der Waals surface area (Å²) in [4.78, 5) is 10.9. The third kappa shape index (κ3) is 2.59. The van der Waals surface area contributed by atoms with Gasteiger partial charge in [0, 0.05) is 11.6 Å². The van der Waals surface area contributed by atoms with Gasteiger partial charge in [0.05, 0.1) is 12.9 Å². The molecule has 0 saturated carbocycles. The van der Waals surface area contributed by atoms with E-state index in [4.69, 9.17) is 14.6 Å². The van der Waals surface area contributed by atoms with E-state index in [1.165, 1.54) is 6.26 Å². The Labute approximate surface area is 76.5 Å². The summed E-state index contributed by atoms with van der Waals surface area (Å²) in [5.41, 5.74) is 1.22. The summed E-state index contributed by atoms with van der Waals surface area (Å²) in [6.07, 6.45) is 2.32. The van der Waals surface area contributed by atoms with E-state index >= 15 is 0 Å². The lowest BCUT2D eigenvalue weighted by Gasteiger charge is -2.07. The van der Waals surface area contributed by atoms with Gasteiger partial charge in [0.25, 0.3) is 6.29 Å². The molecule has 4 heteroatoms. The van der Waals surface area contributed by atoms with Gasteiger partial charge < -0.3 is 14.6 Å². The molecule has 4 nitrogen and oxygen atoms in total. The van der Waals surface area contributed by atoms with E-state index in [-0.39, 0.29) is 12.6 Å². The van der Waals surface area contributed by atoms with Gasteiger partial charge in [-0.3, -0.25) is 0 Å². The highest BCUT2D eigenvalue weighted by Crippen LogP contribution is 2.14. The number of hydrogen-bond acceptors (Lipinski definition) is 4. The highest BCUT2D eigenvalue weighted by molar-refractivity contribution is 5.89. The Morgan fingerprint density at radius 2 is 2.54 bits per heavy atom. The van der Waals surface area contributed by atoms with Crippen LogP contribution in [-0.2, 0) is 14.3 Å². The van der Waals surface area contributed by atoms with Crippen LogP contribution in [0.15, 0.2) is 23.5 Å². The van der Waals surface area contributed by atoms with Crippen LogP contribution in [0.25, 0.3) is 0 Å². The smallest absolute Gasteiger partial charge is 0.336 e. The summed E-state index contributed by atoms with van der Waals surface area (Å²) in [5, 5.41) is 8.64. The summed E-state index contributed by atoms with van der Waals surface area (Å²) < 4.78 is 9.84. The first-order valence-corrected chi connectivity index (χ1v) is 3.95. The van der Waals surface area contributed by atoms with Crippen molar-refractivity contribution in [1.29, 1.82) is 0 Å². The highest BCUT2D eigenvalue weighted by Gasteiger charge is 2.22. The van der Waals surface area contributed by atoms with Gasteiger partial charge in [-0.05, 0) is 19.4 Å². The van der Waals surface area contributed by atoms with E-state index in [1.807, 2.05) is 0 Å². The zero-order valence-corrected chi connectivity index (χ0v) is 7.61. The molecule has 1 rings (SSSR count). The van der Waals surface area contributed by atoms with Crippen molar-refractivity contribution in [1.82, 2.24) is 0 Å². The van der Waals surface area contributed by atoms with Gasteiger partial charge in [0.1, 0.15) is 0 Å². The number of hydrogen-bond donors (Lipinski definition) is 1. The number of esters is 1. The van der Waals surface area contributed by atoms with Crippen molar-refractivity contribution in [3.05, 3.63) is 23.5 Å². The highest BCUT2D eigenvalue weighted by atomic mass is 16.7. The van der Waals surface area contributed by atoms with Crippen LogP contribution in [0.5, 0.6) is 0 Å². The Balaban J connectivity index is 2.46. The van der Waals surface area contributed by atoms with Crippen LogP contribution in [0.3, 0.4) is 0 Å². The summed E-state index contributed by atoms with van der Waals surface area (Å²) >= 11 is 0. The van der Waals surface area contributed by atoms with Crippen molar-refractivity contribution in [3.8, 4) is 0 Å². The average molecular weight is 184 g/mol. The number of carbonyl (C=O) groups is 1. The molecule has 0 aromatic heterocycles. The summed E-state index contributed by atoms with van der Waals surface area (Å²) in [6.45, 7) is 3.31. The quantitative estimate of drug-likeness (QED) is 0.519. The average Bonchev–Trinajstić information content (AvgIpc) is 2.42.